The second-order valence-corrected chi connectivity index (χ2v) is 5.79. The van der Waals surface area contributed by atoms with Gasteiger partial charge in [-0.05, 0) is 71.6 Å². The van der Waals surface area contributed by atoms with Crippen LogP contribution in [0, 0.1) is 20.8 Å². The normalized spacial score (nSPS) is 11.4. The molecule has 0 spiro atoms. The van der Waals surface area contributed by atoms with Gasteiger partial charge in [-0.2, -0.15) is 0 Å². The maximum absolute atomic E-state index is 12.6. The molecule has 0 unspecified atom stereocenters. The zero-order valence-electron chi connectivity index (χ0n) is 11.0. The Kier molecular flexibility index (Phi) is 2.75. The third kappa shape index (κ3) is 1.80. The molecule has 19 heavy (non-hydrogen) atoms. The molecular formula is C16H13BrO2. The van der Waals surface area contributed by atoms with Crippen LogP contribution in [0.5, 0.6) is 0 Å². The van der Waals surface area contributed by atoms with Crippen LogP contribution >= 0.6 is 15.9 Å². The molecule has 0 aliphatic carbocycles. The van der Waals surface area contributed by atoms with Crippen LogP contribution in [-0.4, -0.2) is 0 Å². The van der Waals surface area contributed by atoms with Gasteiger partial charge in [0.15, 0.2) is 5.58 Å². The Hall–Kier alpha value is -1.61. The molecule has 0 aliphatic heterocycles. The number of halogens is 1. The molecule has 96 valence electrons. The Balaban J connectivity index is 2.64. The fraction of sp³-hybridized carbons (Fsp3) is 0.188. The molecule has 1 aromatic heterocycles. The lowest BCUT2D eigenvalue weighted by Gasteiger charge is -2.08. The molecule has 0 aliphatic rings. The van der Waals surface area contributed by atoms with E-state index < -0.39 is 0 Å². The summed E-state index contributed by atoms with van der Waals surface area (Å²) in [6.45, 7) is 5.96. The molecule has 1 heterocycles. The predicted octanol–water partition coefficient (Wildman–Crippen LogP) is 4.63. The Morgan fingerprint density at radius 2 is 1.74 bits per heavy atom. The smallest absolute Gasteiger partial charge is 0.200 e. The maximum atomic E-state index is 12.6. The number of hydrogen-bond acceptors (Lipinski definition) is 2. The van der Waals surface area contributed by atoms with Crippen LogP contribution in [0.2, 0.25) is 0 Å². The van der Waals surface area contributed by atoms with Gasteiger partial charge in [-0.1, -0.05) is 6.07 Å². The van der Waals surface area contributed by atoms with Crippen molar-refractivity contribution in [2.24, 2.45) is 0 Å². The number of hydrogen-bond donors (Lipinski definition) is 0. The third-order valence-electron chi connectivity index (χ3n) is 3.56. The fourth-order valence-electron chi connectivity index (χ4n) is 2.35. The maximum Gasteiger partial charge on any atom is 0.200 e. The summed E-state index contributed by atoms with van der Waals surface area (Å²) in [4.78, 5) is 12.6. The fourth-order valence-corrected chi connectivity index (χ4v) is 3.00. The quantitative estimate of drug-likeness (QED) is 0.566. The van der Waals surface area contributed by atoms with Gasteiger partial charge in [0, 0.05) is 0 Å². The van der Waals surface area contributed by atoms with E-state index in [0.717, 1.165) is 21.2 Å². The zero-order valence-corrected chi connectivity index (χ0v) is 12.6. The SMILES string of the molecule is Cc1cc(Br)c2oc3c(C)c(C)ccc3c(=O)c2c1. The van der Waals surface area contributed by atoms with E-state index in [1.165, 1.54) is 0 Å². The van der Waals surface area contributed by atoms with Crippen LogP contribution in [0.4, 0.5) is 0 Å². The summed E-state index contributed by atoms with van der Waals surface area (Å²) in [5, 5.41) is 1.27. The first-order valence-corrected chi connectivity index (χ1v) is 6.91. The minimum Gasteiger partial charge on any atom is -0.454 e. The first kappa shape index (κ1) is 12.4. The van der Waals surface area contributed by atoms with Crippen LogP contribution in [0.25, 0.3) is 21.9 Å². The Morgan fingerprint density at radius 3 is 2.47 bits per heavy atom. The van der Waals surface area contributed by atoms with E-state index in [1.54, 1.807) is 0 Å². The van der Waals surface area contributed by atoms with E-state index in [0.29, 0.717) is 21.9 Å². The molecule has 0 atom stereocenters. The van der Waals surface area contributed by atoms with Crippen LogP contribution in [0.3, 0.4) is 0 Å². The number of aryl methyl sites for hydroxylation is 3. The van der Waals surface area contributed by atoms with Crippen molar-refractivity contribution in [2.45, 2.75) is 20.8 Å². The first-order valence-electron chi connectivity index (χ1n) is 6.12. The third-order valence-corrected chi connectivity index (χ3v) is 4.15. The van der Waals surface area contributed by atoms with Gasteiger partial charge < -0.3 is 4.42 Å². The lowest BCUT2D eigenvalue weighted by Crippen LogP contribution is -2.04. The molecule has 0 saturated carbocycles. The van der Waals surface area contributed by atoms with Crippen molar-refractivity contribution in [1.82, 2.24) is 0 Å². The molecule has 3 aromatic rings. The Bertz CT molecular complexity index is 875. The van der Waals surface area contributed by atoms with Gasteiger partial charge in [0.25, 0.3) is 0 Å². The van der Waals surface area contributed by atoms with Crippen molar-refractivity contribution < 1.29 is 4.42 Å². The molecule has 0 amide bonds. The van der Waals surface area contributed by atoms with Crippen LogP contribution in [0.1, 0.15) is 16.7 Å². The number of benzene rings is 2. The zero-order chi connectivity index (χ0) is 13.7. The van der Waals surface area contributed by atoms with Crippen molar-refractivity contribution >= 4 is 37.9 Å². The highest BCUT2D eigenvalue weighted by atomic mass is 79.9. The summed E-state index contributed by atoms with van der Waals surface area (Å²) in [6, 6.07) is 7.65. The summed E-state index contributed by atoms with van der Waals surface area (Å²) < 4.78 is 6.80. The standard InChI is InChI=1S/C16H13BrO2/c1-8-6-12-14(18)11-5-4-9(2)10(3)15(11)19-16(12)13(17)7-8/h4-7H,1-3H3. The van der Waals surface area contributed by atoms with E-state index in [9.17, 15) is 4.79 Å². The lowest BCUT2D eigenvalue weighted by atomic mass is 10.0. The van der Waals surface area contributed by atoms with Gasteiger partial charge >= 0.3 is 0 Å². The summed E-state index contributed by atoms with van der Waals surface area (Å²) in [7, 11) is 0. The number of rotatable bonds is 0. The first-order chi connectivity index (χ1) is 8.99. The summed E-state index contributed by atoms with van der Waals surface area (Å²) in [6.07, 6.45) is 0. The average Bonchev–Trinajstić information content (AvgIpc) is 2.36. The highest BCUT2D eigenvalue weighted by molar-refractivity contribution is 9.10. The summed E-state index contributed by atoms with van der Waals surface area (Å²) in [5.74, 6) is 0. The van der Waals surface area contributed by atoms with Crippen molar-refractivity contribution in [2.75, 3.05) is 0 Å². The molecule has 2 nitrogen and oxygen atoms in total. The topological polar surface area (TPSA) is 30.2 Å². The monoisotopic (exact) mass is 316 g/mol. The highest BCUT2D eigenvalue weighted by Crippen LogP contribution is 2.29. The molecule has 0 saturated heterocycles. The largest absolute Gasteiger partial charge is 0.454 e. The lowest BCUT2D eigenvalue weighted by molar-refractivity contribution is 0.654. The van der Waals surface area contributed by atoms with Gasteiger partial charge in [0.1, 0.15) is 5.58 Å². The second kappa shape index (κ2) is 4.20. The van der Waals surface area contributed by atoms with Crippen LogP contribution in [-0.2, 0) is 0 Å². The molecule has 3 heteroatoms. The molecule has 2 aromatic carbocycles. The van der Waals surface area contributed by atoms with Gasteiger partial charge in [-0.25, -0.2) is 0 Å². The van der Waals surface area contributed by atoms with E-state index >= 15 is 0 Å². The van der Waals surface area contributed by atoms with Gasteiger partial charge in [-0.15, -0.1) is 0 Å². The van der Waals surface area contributed by atoms with Gasteiger partial charge in [-0.3, -0.25) is 4.79 Å². The highest BCUT2D eigenvalue weighted by Gasteiger charge is 2.13. The Labute approximate surface area is 119 Å². The van der Waals surface area contributed by atoms with Crippen LogP contribution in [0.15, 0.2) is 37.9 Å². The van der Waals surface area contributed by atoms with Gasteiger partial charge in [0.05, 0.1) is 15.2 Å². The predicted molar refractivity (Wildman–Crippen MR) is 81.9 cm³/mol. The molecule has 0 radical (unpaired) electrons. The van der Waals surface area contributed by atoms with Crippen molar-refractivity contribution in [3.8, 4) is 0 Å². The summed E-state index contributed by atoms with van der Waals surface area (Å²) >= 11 is 3.48. The van der Waals surface area contributed by atoms with E-state index in [4.69, 9.17) is 4.42 Å². The minimum atomic E-state index is 0.0313. The van der Waals surface area contributed by atoms with Crippen molar-refractivity contribution in [3.63, 3.8) is 0 Å². The molecule has 0 N–H and O–H groups in total. The van der Waals surface area contributed by atoms with E-state index in [1.807, 2.05) is 45.0 Å². The van der Waals surface area contributed by atoms with Crippen molar-refractivity contribution in [3.05, 3.63) is 55.7 Å². The Morgan fingerprint density at radius 1 is 1.00 bits per heavy atom. The van der Waals surface area contributed by atoms with Crippen LogP contribution < -0.4 is 5.43 Å². The average molecular weight is 317 g/mol. The second-order valence-electron chi connectivity index (χ2n) is 4.94. The molecule has 0 fully saturated rings. The number of fused-ring (bicyclic) bond motifs is 2. The molecule has 0 bridgehead atoms. The van der Waals surface area contributed by atoms with E-state index in [2.05, 4.69) is 15.9 Å². The van der Waals surface area contributed by atoms with E-state index in [-0.39, 0.29) is 5.43 Å². The molecule has 3 rings (SSSR count). The van der Waals surface area contributed by atoms with Crippen molar-refractivity contribution in [1.29, 1.82) is 0 Å². The molecular weight excluding hydrogens is 304 g/mol. The van der Waals surface area contributed by atoms with Gasteiger partial charge in [0.2, 0.25) is 5.43 Å². The summed E-state index contributed by atoms with van der Waals surface area (Å²) in [5.41, 5.74) is 4.51. The minimum absolute atomic E-state index is 0.0313.